The zero-order chi connectivity index (χ0) is 11.3. The molecule has 3 aliphatic rings. The Kier molecular flexibility index (Phi) is 2.56. The van der Waals surface area contributed by atoms with E-state index in [1.807, 2.05) is 0 Å². The van der Waals surface area contributed by atoms with Crippen molar-refractivity contribution in [2.24, 2.45) is 11.8 Å². The molecule has 2 unspecified atom stereocenters. The van der Waals surface area contributed by atoms with Crippen molar-refractivity contribution in [3.05, 3.63) is 0 Å². The molecule has 2 aliphatic carbocycles. The topological polar surface area (TPSA) is 15.3 Å². The van der Waals surface area contributed by atoms with Gasteiger partial charge in [-0.2, -0.15) is 0 Å². The highest BCUT2D eigenvalue weighted by Gasteiger charge is 2.49. The van der Waals surface area contributed by atoms with E-state index >= 15 is 0 Å². The van der Waals surface area contributed by atoms with Crippen molar-refractivity contribution in [2.45, 2.75) is 64.1 Å². The van der Waals surface area contributed by atoms with E-state index in [2.05, 4.69) is 31.0 Å². The second-order valence-corrected chi connectivity index (χ2v) is 6.74. The quantitative estimate of drug-likeness (QED) is 0.788. The third-order valence-corrected chi connectivity index (χ3v) is 4.96. The SMILES string of the molecule is CC(C)N1CC(C)(C2CC2)NCC1C1CC1. The smallest absolute Gasteiger partial charge is 0.0309 e. The molecule has 0 bridgehead atoms. The number of hydrogen-bond donors (Lipinski definition) is 1. The van der Waals surface area contributed by atoms with Gasteiger partial charge >= 0.3 is 0 Å². The minimum atomic E-state index is 0.412. The molecule has 0 spiro atoms. The maximum absolute atomic E-state index is 3.87. The number of nitrogens with zero attached hydrogens (tertiary/aromatic N) is 1. The fourth-order valence-electron chi connectivity index (χ4n) is 3.49. The third kappa shape index (κ3) is 1.91. The van der Waals surface area contributed by atoms with Crippen LogP contribution < -0.4 is 5.32 Å². The molecule has 1 heterocycles. The van der Waals surface area contributed by atoms with Gasteiger partial charge in [-0.3, -0.25) is 4.90 Å². The van der Waals surface area contributed by atoms with Crippen molar-refractivity contribution in [3.63, 3.8) is 0 Å². The fraction of sp³-hybridized carbons (Fsp3) is 1.00. The van der Waals surface area contributed by atoms with E-state index in [0.29, 0.717) is 11.6 Å². The van der Waals surface area contributed by atoms with Crippen LogP contribution in [0.3, 0.4) is 0 Å². The second-order valence-electron chi connectivity index (χ2n) is 6.74. The molecule has 0 amide bonds. The van der Waals surface area contributed by atoms with Crippen LogP contribution in [0.15, 0.2) is 0 Å². The van der Waals surface area contributed by atoms with Gasteiger partial charge in [0, 0.05) is 30.7 Å². The van der Waals surface area contributed by atoms with E-state index in [4.69, 9.17) is 0 Å². The first-order chi connectivity index (χ1) is 7.60. The molecule has 0 aromatic heterocycles. The van der Waals surface area contributed by atoms with Gasteiger partial charge in [0.05, 0.1) is 0 Å². The molecule has 0 aromatic carbocycles. The molecule has 1 saturated heterocycles. The minimum absolute atomic E-state index is 0.412. The largest absolute Gasteiger partial charge is 0.308 e. The average Bonchev–Trinajstić information content (AvgIpc) is 3.08. The normalized spacial score (nSPS) is 41.6. The van der Waals surface area contributed by atoms with Crippen LogP contribution in [0.1, 0.15) is 46.5 Å². The summed E-state index contributed by atoms with van der Waals surface area (Å²) in [5, 5.41) is 3.87. The molecule has 3 rings (SSSR count). The molecule has 0 aromatic rings. The highest BCUT2D eigenvalue weighted by molar-refractivity contribution is 5.06. The predicted octanol–water partition coefficient (Wildman–Crippen LogP) is 2.25. The van der Waals surface area contributed by atoms with Gasteiger partial charge in [-0.1, -0.05) is 0 Å². The molecule has 3 fully saturated rings. The fourth-order valence-corrected chi connectivity index (χ4v) is 3.49. The van der Waals surface area contributed by atoms with Crippen LogP contribution in [0, 0.1) is 11.8 Å². The second kappa shape index (κ2) is 3.71. The third-order valence-electron chi connectivity index (χ3n) is 4.96. The van der Waals surface area contributed by atoms with Gasteiger partial charge in [0.2, 0.25) is 0 Å². The van der Waals surface area contributed by atoms with Crippen molar-refractivity contribution in [1.29, 1.82) is 0 Å². The molecule has 2 heteroatoms. The number of piperazine rings is 1. The number of rotatable bonds is 3. The monoisotopic (exact) mass is 222 g/mol. The minimum Gasteiger partial charge on any atom is -0.308 e. The maximum Gasteiger partial charge on any atom is 0.0309 e. The van der Waals surface area contributed by atoms with E-state index in [-0.39, 0.29) is 0 Å². The van der Waals surface area contributed by atoms with E-state index in [0.717, 1.165) is 17.9 Å². The highest BCUT2D eigenvalue weighted by Crippen LogP contribution is 2.44. The van der Waals surface area contributed by atoms with Gasteiger partial charge in [-0.15, -0.1) is 0 Å². The summed E-state index contributed by atoms with van der Waals surface area (Å²) < 4.78 is 0. The lowest BCUT2D eigenvalue weighted by atomic mass is 9.89. The average molecular weight is 222 g/mol. The molecule has 16 heavy (non-hydrogen) atoms. The van der Waals surface area contributed by atoms with Crippen LogP contribution in [0.5, 0.6) is 0 Å². The molecule has 92 valence electrons. The van der Waals surface area contributed by atoms with Crippen LogP contribution >= 0.6 is 0 Å². The lowest BCUT2D eigenvalue weighted by Crippen LogP contribution is -2.65. The van der Waals surface area contributed by atoms with Crippen LogP contribution in [0.2, 0.25) is 0 Å². The predicted molar refractivity (Wildman–Crippen MR) is 67.5 cm³/mol. The molecular formula is C14H26N2. The summed E-state index contributed by atoms with van der Waals surface area (Å²) in [6.45, 7) is 9.69. The molecule has 2 saturated carbocycles. The van der Waals surface area contributed by atoms with E-state index in [1.165, 1.54) is 38.8 Å². The van der Waals surface area contributed by atoms with E-state index in [1.54, 1.807) is 0 Å². The standard InChI is InChI=1S/C14H26N2/c1-10(2)16-9-14(3,12-6-7-12)15-8-13(16)11-4-5-11/h10-13,15H,4-9H2,1-3H3. The Hall–Kier alpha value is -0.0800. The summed E-state index contributed by atoms with van der Waals surface area (Å²) in [4.78, 5) is 2.78. The Morgan fingerprint density at radius 2 is 1.88 bits per heavy atom. The van der Waals surface area contributed by atoms with Gasteiger partial charge in [0.1, 0.15) is 0 Å². The Morgan fingerprint density at radius 1 is 1.19 bits per heavy atom. The highest BCUT2D eigenvalue weighted by atomic mass is 15.3. The van der Waals surface area contributed by atoms with Crippen LogP contribution in [-0.4, -0.2) is 35.6 Å². The first kappa shape index (κ1) is 11.0. The number of hydrogen-bond acceptors (Lipinski definition) is 2. The van der Waals surface area contributed by atoms with Crippen molar-refractivity contribution >= 4 is 0 Å². The van der Waals surface area contributed by atoms with Gasteiger partial charge in [-0.05, 0) is 58.3 Å². The van der Waals surface area contributed by atoms with Gasteiger partial charge in [-0.25, -0.2) is 0 Å². The van der Waals surface area contributed by atoms with Gasteiger partial charge < -0.3 is 5.32 Å². The summed E-state index contributed by atoms with van der Waals surface area (Å²) in [6, 6.07) is 1.54. The summed E-state index contributed by atoms with van der Waals surface area (Å²) in [5.74, 6) is 1.95. The van der Waals surface area contributed by atoms with Gasteiger partial charge in [0.25, 0.3) is 0 Å². The zero-order valence-electron chi connectivity index (χ0n) is 11.0. The molecule has 1 N–H and O–H groups in total. The molecule has 2 nitrogen and oxygen atoms in total. The first-order valence-electron chi connectivity index (χ1n) is 7.11. The van der Waals surface area contributed by atoms with Gasteiger partial charge in [0.15, 0.2) is 0 Å². The summed E-state index contributed by atoms with van der Waals surface area (Å²) in [5.41, 5.74) is 0.412. The van der Waals surface area contributed by atoms with E-state index < -0.39 is 0 Å². The van der Waals surface area contributed by atoms with Crippen molar-refractivity contribution in [3.8, 4) is 0 Å². The van der Waals surface area contributed by atoms with E-state index in [9.17, 15) is 0 Å². The zero-order valence-corrected chi connectivity index (χ0v) is 11.0. The summed E-state index contributed by atoms with van der Waals surface area (Å²) in [6.07, 6.45) is 5.83. The Labute approximate surface area is 99.8 Å². The molecule has 0 radical (unpaired) electrons. The Bertz CT molecular complexity index is 268. The molecular weight excluding hydrogens is 196 g/mol. The molecule has 2 atom stereocenters. The van der Waals surface area contributed by atoms with Crippen LogP contribution in [0.4, 0.5) is 0 Å². The lowest BCUT2D eigenvalue weighted by Gasteiger charge is -2.49. The maximum atomic E-state index is 3.87. The summed E-state index contributed by atoms with van der Waals surface area (Å²) in [7, 11) is 0. The Morgan fingerprint density at radius 3 is 2.38 bits per heavy atom. The van der Waals surface area contributed by atoms with Crippen LogP contribution in [-0.2, 0) is 0 Å². The summed E-state index contributed by atoms with van der Waals surface area (Å²) >= 11 is 0. The van der Waals surface area contributed by atoms with Crippen molar-refractivity contribution in [1.82, 2.24) is 10.2 Å². The van der Waals surface area contributed by atoms with Crippen molar-refractivity contribution < 1.29 is 0 Å². The first-order valence-corrected chi connectivity index (χ1v) is 7.11. The molecule has 1 aliphatic heterocycles. The lowest BCUT2D eigenvalue weighted by molar-refractivity contribution is 0.0399. The van der Waals surface area contributed by atoms with Crippen molar-refractivity contribution in [2.75, 3.05) is 13.1 Å². The number of nitrogens with one attached hydrogen (secondary N) is 1. The van der Waals surface area contributed by atoms with Crippen LogP contribution in [0.25, 0.3) is 0 Å². The Balaban J connectivity index is 1.72.